The first-order chi connectivity index (χ1) is 15.5. The van der Waals surface area contributed by atoms with E-state index in [-0.39, 0.29) is 0 Å². The Morgan fingerprint density at radius 2 is 1.81 bits per heavy atom. The predicted molar refractivity (Wildman–Crippen MR) is 134 cm³/mol. The van der Waals surface area contributed by atoms with Crippen LogP contribution in [0.2, 0.25) is 5.02 Å². The molecule has 0 saturated carbocycles. The van der Waals surface area contributed by atoms with Crippen molar-refractivity contribution in [2.75, 3.05) is 42.1 Å². The minimum absolute atomic E-state index is 0.498. The quantitative estimate of drug-likeness (QED) is 0.339. The summed E-state index contributed by atoms with van der Waals surface area (Å²) in [5, 5.41) is 11.4. The van der Waals surface area contributed by atoms with Crippen molar-refractivity contribution in [1.82, 2.24) is 24.8 Å². The van der Waals surface area contributed by atoms with Crippen LogP contribution in [-0.4, -0.2) is 51.0 Å². The molecule has 10 heteroatoms. The van der Waals surface area contributed by atoms with Crippen molar-refractivity contribution in [1.29, 1.82) is 0 Å². The summed E-state index contributed by atoms with van der Waals surface area (Å²) in [6, 6.07) is 5.87. The third-order valence-corrected chi connectivity index (χ3v) is 6.26. The van der Waals surface area contributed by atoms with E-state index in [9.17, 15) is 0 Å². The molecule has 0 fully saturated rings. The number of rotatable bonds is 12. The molecule has 0 saturated heterocycles. The number of aromatic nitrogens is 4. The first kappa shape index (κ1) is 24.2. The summed E-state index contributed by atoms with van der Waals surface area (Å²) < 4.78 is 0. The summed E-state index contributed by atoms with van der Waals surface area (Å²) in [6.07, 6.45) is 2.57. The van der Waals surface area contributed by atoms with Crippen LogP contribution in [-0.2, 0) is 13.0 Å². The lowest BCUT2D eigenvalue weighted by molar-refractivity contribution is 0.316. The lowest BCUT2D eigenvalue weighted by atomic mass is 10.2. The molecule has 0 atom stereocenters. The first-order valence-corrected chi connectivity index (χ1v) is 12.1. The molecule has 0 unspecified atom stereocenters. The molecule has 8 nitrogen and oxygen atoms in total. The molecule has 0 amide bonds. The van der Waals surface area contributed by atoms with Gasteiger partial charge in [0.15, 0.2) is 5.13 Å². The van der Waals surface area contributed by atoms with Gasteiger partial charge in [0.2, 0.25) is 11.9 Å². The molecule has 172 valence electrons. The molecular formula is C22H31ClN8S. The topological polar surface area (TPSA) is 90.9 Å². The Kier molecular flexibility index (Phi) is 9.01. The smallest absolute Gasteiger partial charge is 0.234 e. The lowest BCUT2D eigenvalue weighted by Gasteiger charge is -2.18. The summed E-state index contributed by atoms with van der Waals surface area (Å²) >= 11 is 7.85. The molecule has 3 rings (SSSR count). The zero-order valence-corrected chi connectivity index (χ0v) is 20.6. The number of anilines is 4. The van der Waals surface area contributed by atoms with Gasteiger partial charge in [-0.25, -0.2) is 4.98 Å². The van der Waals surface area contributed by atoms with Gasteiger partial charge in [0.1, 0.15) is 5.82 Å². The number of hydrogen-bond acceptors (Lipinski definition) is 9. The molecule has 0 spiro atoms. The van der Waals surface area contributed by atoms with E-state index in [1.54, 1.807) is 11.3 Å². The third kappa shape index (κ3) is 6.75. The minimum atomic E-state index is 0.498. The second-order valence-electron chi connectivity index (χ2n) is 7.25. The largest absolute Gasteiger partial charge is 0.379 e. The molecule has 32 heavy (non-hydrogen) atoms. The van der Waals surface area contributed by atoms with E-state index in [0.29, 0.717) is 23.5 Å². The van der Waals surface area contributed by atoms with E-state index in [2.05, 4.69) is 54.6 Å². The van der Waals surface area contributed by atoms with Crippen molar-refractivity contribution in [3.05, 3.63) is 45.7 Å². The average Bonchev–Trinajstić information content (AvgIpc) is 3.23. The van der Waals surface area contributed by atoms with Crippen LogP contribution < -0.4 is 16.0 Å². The van der Waals surface area contributed by atoms with Crippen molar-refractivity contribution >= 4 is 45.7 Å². The summed E-state index contributed by atoms with van der Waals surface area (Å²) in [6.45, 7) is 12.8. The van der Waals surface area contributed by atoms with Crippen molar-refractivity contribution in [3.8, 4) is 0 Å². The molecule has 0 aliphatic rings. The predicted octanol–water partition coefficient (Wildman–Crippen LogP) is 4.96. The molecular weight excluding hydrogens is 444 g/mol. The lowest BCUT2D eigenvalue weighted by Crippen LogP contribution is -2.29. The Bertz CT molecular complexity index is 985. The fourth-order valence-electron chi connectivity index (χ4n) is 3.15. The molecule has 0 radical (unpaired) electrons. The molecule has 0 aliphatic heterocycles. The highest BCUT2D eigenvalue weighted by molar-refractivity contribution is 7.15. The fraction of sp³-hybridized carbons (Fsp3) is 0.455. The van der Waals surface area contributed by atoms with E-state index in [0.717, 1.165) is 59.7 Å². The Morgan fingerprint density at radius 3 is 2.53 bits per heavy atom. The maximum Gasteiger partial charge on any atom is 0.234 e. The average molecular weight is 475 g/mol. The van der Waals surface area contributed by atoms with Gasteiger partial charge in [0.05, 0.1) is 17.3 Å². The van der Waals surface area contributed by atoms with Crippen molar-refractivity contribution in [3.63, 3.8) is 0 Å². The fourth-order valence-corrected chi connectivity index (χ4v) is 4.19. The number of likely N-dealkylation sites (N-methyl/N-ethyl adjacent to an activating group) is 1. The third-order valence-electron chi connectivity index (χ3n) is 5.04. The van der Waals surface area contributed by atoms with E-state index < -0.39 is 0 Å². The SMILES string of the molecule is CCc1nc(NCCN(CC)CC)nc(Nc2ncc(CNc3c(C)cccc3Cl)s2)n1. The molecule has 2 aromatic heterocycles. The number of nitrogens with one attached hydrogen (secondary N) is 3. The van der Waals surface area contributed by atoms with Gasteiger partial charge in [-0.3, -0.25) is 5.32 Å². The van der Waals surface area contributed by atoms with Crippen LogP contribution in [0.5, 0.6) is 0 Å². The van der Waals surface area contributed by atoms with Crippen LogP contribution in [0.25, 0.3) is 0 Å². The maximum absolute atomic E-state index is 6.30. The zero-order chi connectivity index (χ0) is 22.9. The van der Waals surface area contributed by atoms with Gasteiger partial charge >= 0.3 is 0 Å². The highest BCUT2D eigenvalue weighted by atomic mass is 35.5. The van der Waals surface area contributed by atoms with Crippen LogP contribution in [0.3, 0.4) is 0 Å². The van der Waals surface area contributed by atoms with Crippen molar-refractivity contribution < 1.29 is 0 Å². The first-order valence-electron chi connectivity index (χ1n) is 10.9. The van der Waals surface area contributed by atoms with Gasteiger partial charge in [0, 0.05) is 30.6 Å². The van der Waals surface area contributed by atoms with Crippen LogP contribution >= 0.6 is 22.9 Å². The number of halogens is 1. The summed E-state index contributed by atoms with van der Waals surface area (Å²) in [4.78, 5) is 21.4. The monoisotopic (exact) mass is 474 g/mol. The van der Waals surface area contributed by atoms with Crippen LogP contribution in [0.15, 0.2) is 24.4 Å². The van der Waals surface area contributed by atoms with Gasteiger partial charge in [-0.15, -0.1) is 0 Å². The second kappa shape index (κ2) is 11.9. The standard InChI is InChI=1S/C22H31ClN8S/c1-5-18-27-20(24-11-12-31(6-2)7-3)29-21(28-18)30-22-26-14-16(32-22)13-25-19-15(4)9-8-10-17(19)23/h8-10,14,25H,5-7,11-13H2,1-4H3,(H2,24,26,27,28,29,30). The molecule has 0 aliphatic carbocycles. The normalized spacial score (nSPS) is 11.1. The van der Waals surface area contributed by atoms with E-state index >= 15 is 0 Å². The number of nitrogens with zero attached hydrogens (tertiary/aromatic N) is 5. The second-order valence-corrected chi connectivity index (χ2v) is 8.77. The van der Waals surface area contributed by atoms with Crippen molar-refractivity contribution in [2.24, 2.45) is 0 Å². The molecule has 3 aromatic rings. The summed E-state index contributed by atoms with van der Waals surface area (Å²) in [5.74, 6) is 1.82. The van der Waals surface area contributed by atoms with Gasteiger partial charge in [-0.05, 0) is 31.6 Å². The molecule has 2 heterocycles. The summed E-state index contributed by atoms with van der Waals surface area (Å²) in [5.41, 5.74) is 2.06. The van der Waals surface area contributed by atoms with E-state index in [4.69, 9.17) is 11.6 Å². The Hall–Kier alpha value is -2.49. The van der Waals surface area contributed by atoms with Crippen LogP contribution in [0.4, 0.5) is 22.7 Å². The van der Waals surface area contributed by atoms with Gasteiger partial charge in [-0.2, -0.15) is 15.0 Å². The number of aryl methyl sites for hydroxylation is 2. The van der Waals surface area contributed by atoms with Crippen molar-refractivity contribution in [2.45, 2.75) is 40.7 Å². The van der Waals surface area contributed by atoms with Crippen LogP contribution in [0.1, 0.15) is 37.0 Å². The zero-order valence-electron chi connectivity index (χ0n) is 19.1. The Morgan fingerprint density at radius 1 is 1.03 bits per heavy atom. The van der Waals surface area contributed by atoms with Gasteiger partial charge in [0.25, 0.3) is 0 Å². The van der Waals surface area contributed by atoms with E-state index in [1.807, 2.05) is 38.2 Å². The maximum atomic E-state index is 6.30. The molecule has 0 bridgehead atoms. The number of hydrogen-bond donors (Lipinski definition) is 3. The highest BCUT2D eigenvalue weighted by Crippen LogP contribution is 2.27. The van der Waals surface area contributed by atoms with E-state index in [1.165, 1.54) is 0 Å². The molecule has 1 aromatic carbocycles. The van der Waals surface area contributed by atoms with Gasteiger partial charge < -0.3 is 15.5 Å². The minimum Gasteiger partial charge on any atom is -0.379 e. The molecule has 3 N–H and O–H groups in total. The summed E-state index contributed by atoms with van der Waals surface area (Å²) in [7, 11) is 0. The van der Waals surface area contributed by atoms with Gasteiger partial charge in [-0.1, -0.05) is 55.8 Å². The number of benzene rings is 1. The Labute approximate surface area is 198 Å². The highest BCUT2D eigenvalue weighted by Gasteiger charge is 2.10. The Balaban J connectivity index is 1.62. The van der Waals surface area contributed by atoms with Crippen LogP contribution in [0, 0.1) is 6.92 Å². The number of thiazole rings is 1. The number of para-hydroxylation sites is 1.